The second kappa shape index (κ2) is 10.1. The number of hydrogen-bond donors (Lipinski definition) is 0. The van der Waals surface area contributed by atoms with Crippen LogP contribution >= 0.6 is 8.25 Å². The summed E-state index contributed by atoms with van der Waals surface area (Å²) in [5.41, 5.74) is 0. The molecule has 0 aliphatic rings. The standard InChI is InChI=1S/C12H11O3P.2Na.2H/c13-16(14-11-7-3-1-4-8-11)15-12-9-5-2-6-10-12;;;;/h1-10,16H;;;;. The first-order valence-electron chi connectivity index (χ1n) is 4.84. The Bertz CT molecular complexity index is 422. The molecule has 0 atom stereocenters. The number of hydrogen-bond acceptors (Lipinski definition) is 3. The van der Waals surface area contributed by atoms with E-state index in [4.69, 9.17) is 9.05 Å². The fourth-order valence-corrected chi connectivity index (χ4v) is 1.89. The first-order chi connectivity index (χ1) is 7.84. The van der Waals surface area contributed by atoms with Crippen molar-refractivity contribution >= 4 is 67.4 Å². The topological polar surface area (TPSA) is 35.5 Å². The predicted molar refractivity (Wildman–Crippen MR) is 77.4 cm³/mol. The van der Waals surface area contributed by atoms with Crippen molar-refractivity contribution in [2.75, 3.05) is 0 Å². The zero-order valence-electron chi connectivity index (χ0n) is 8.50. The van der Waals surface area contributed by atoms with Crippen molar-refractivity contribution in [2.24, 2.45) is 0 Å². The number of benzene rings is 2. The van der Waals surface area contributed by atoms with Crippen molar-refractivity contribution in [3.05, 3.63) is 60.7 Å². The van der Waals surface area contributed by atoms with Crippen LogP contribution in [0.5, 0.6) is 11.5 Å². The minimum atomic E-state index is -2.54. The molecule has 0 unspecified atom stereocenters. The average molecular weight is 282 g/mol. The summed E-state index contributed by atoms with van der Waals surface area (Å²) >= 11 is 0. The molecule has 2 aromatic carbocycles. The summed E-state index contributed by atoms with van der Waals surface area (Å²) in [6, 6.07) is 17.9. The van der Waals surface area contributed by atoms with Crippen LogP contribution in [0.15, 0.2) is 60.7 Å². The molecule has 86 valence electrons. The minimum absolute atomic E-state index is 0. The van der Waals surface area contributed by atoms with E-state index < -0.39 is 8.25 Å². The number of rotatable bonds is 4. The van der Waals surface area contributed by atoms with Crippen LogP contribution in [-0.4, -0.2) is 59.1 Å². The van der Waals surface area contributed by atoms with Gasteiger partial charge in [-0.2, -0.15) is 0 Å². The Morgan fingerprint density at radius 3 is 1.33 bits per heavy atom. The summed E-state index contributed by atoms with van der Waals surface area (Å²) in [4.78, 5) is 0. The monoisotopic (exact) mass is 282 g/mol. The molecule has 0 N–H and O–H groups in total. The van der Waals surface area contributed by atoms with Crippen molar-refractivity contribution in [2.45, 2.75) is 0 Å². The van der Waals surface area contributed by atoms with Gasteiger partial charge in [0.05, 0.1) is 0 Å². The molecule has 0 amide bonds. The van der Waals surface area contributed by atoms with Crippen molar-refractivity contribution in [1.82, 2.24) is 0 Å². The SMILES string of the molecule is O=[PH](Oc1ccccc1)Oc1ccccc1.[NaH].[NaH]. The third kappa shape index (κ3) is 6.44. The van der Waals surface area contributed by atoms with Crippen molar-refractivity contribution in [3.63, 3.8) is 0 Å². The van der Waals surface area contributed by atoms with E-state index in [2.05, 4.69) is 0 Å². The molecule has 0 aliphatic heterocycles. The van der Waals surface area contributed by atoms with Gasteiger partial charge in [0.15, 0.2) is 0 Å². The Kier molecular flexibility index (Phi) is 10.3. The van der Waals surface area contributed by atoms with Crippen LogP contribution < -0.4 is 9.05 Å². The Balaban J connectivity index is 0.00000144. The third-order valence-corrected chi connectivity index (χ3v) is 2.69. The van der Waals surface area contributed by atoms with E-state index in [0.717, 1.165) is 0 Å². The molecular weight excluding hydrogens is 269 g/mol. The molecule has 18 heavy (non-hydrogen) atoms. The van der Waals surface area contributed by atoms with Crippen LogP contribution in [-0.2, 0) is 4.57 Å². The van der Waals surface area contributed by atoms with Crippen LogP contribution in [0.4, 0.5) is 0 Å². The van der Waals surface area contributed by atoms with Crippen molar-refractivity contribution < 1.29 is 13.6 Å². The van der Waals surface area contributed by atoms with Gasteiger partial charge in [-0.3, -0.25) is 0 Å². The van der Waals surface area contributed by atoms with Gasteiger partial charge in [-0.1, -0.05) is 36.4 Å². The van der Waals surface area contributed by atoms with Gasteiger partial charge in [0.1, 0.15) is 11.5 Å². The van der Waals surface area contributed by atoms with E-state index in [9.17, 15) is 4.57 Å². The summed E-state index contributed by atoms with van der Waals surface area (Å²) in [7, 11) is -2.54. The van der Waals surface area contributed by atoms with Gasteiger partial charge in [-0.05, 0) is 24.3 Å². The zero-order chi connectivity index (χ0) is 11.2. The second-order valence-corrected chi connectivity index (χ2v) is 3.99. The molecule has 0 spiro atoms. The van der Waals surface area contributed by atoms with Crippen LogP contribution in [0.2, 0.25) is 0 Å². The molecule has 2 rings (SSSR count). The molecule has 0 heterocycles. The quantitative estimate of drug-likeness (QED) is 0.637. The predicted octanol–water partition coefficient (Wildman–Crippen LogP) is 2.24. The van der Waals surface area contributed by atoms with Crippen LogP contribution in [0.25, 0.3) is 0 Å². The molecule has 0 fully saturated rings. The Morgan fingerprint density at radius 1 is 0.667 bits per heavy atom. The normalized spacial score (nSPS) is 8.94. The summed E-state index contributed by atoms with van der Waals surface area (Å²) in [5.74, 6) is 1.09. The summed E-state index contributed by atoms with van der Waals surface area (Å²) in [5, 5.41) is 0. The van der Waals surface area contributed by atoms with Gasteiger partial charge in [-0.25, -0.2) is 4.57 Å². The van der Waals surface area contributed by atoms with Gasteiger partial charge < -0.3 is 9.05 Å². The van der Waals surface area contributed by atoms with Gasteiger partial charge in [-0.15, -0.1) is 0 Å². The van der Waals surface area contributed by atoms with E-state index >= 15 is 0 Å². The zero-order valence-corrected chi connectivity index (χ0v) is 9.50. The van der Waals surface area contributed by atoms with Gasteiger partial charge in [0, 0.05) is 0 Å². The maximum absolute atomic E-state index is 11.5. The van der Waals surface area contributed by atoms with E-state index in [1.54, 1.807) is 24.3 Å². The van der Waals surface area contributed by atoms with Crippen LogP contribution in [0.3, 0.4) is 0 Å². The van der Waals surface area contributed by atoms with Gasteiger partial charge >= 0.3 is 67.4 Å². The molecule has 0 saturated heterocycles. The molecule has 0 aliphatic carbocycles. The fraction of sp³-hybridized carbons (Fsp3) is 0. The molecule has 6 heteroatoms. The van der Waals surface area contributed by atoms with Gasteiger partial charge in [0.25, 0.3) is 0 Å². The first-order valence-corrected chi connectivity index (χ1v) is 6.07. The van der Waals surface area contributed by atoms with E-state index in [-0.39, 0.29) is 59.1 Å². The van der Waals surface area contributed by atoms with E-state index in [1.807, 2.05) is 36.4 Å². The molecule has 2 aromatic rings. The van der Waals surface area contributed by atoms with E-state index in [1.165, 1.54) is 0 Å². The van der Waals surface area contributed by atoms with Crippen LogP contribution in [0.1, 0.15) is 0 Å². The second-order valence-electron chi connectivity index (χ2n) is 3.08. The van der Waals surface area contributed by atoms with E-state index in [0.29, 0.717) is 11.5 Å². The summed E-state index contributed by atoms with van der Waals surface area (Å²) in [6.45, 7) is 0. The Morgan fingerprint density at radius 2 is 1.00 bits per heavy atom. The summed E-state index contributed by atoms with van der Waals surface area (Å²) in [6.07, 6.45) is 0. The Labute approximate surface area is 151 Å². The molecular formula is C12H13Na2O3P. The molecule has 0 saturated carbocycles. The first kappa shape index (κ1) is 18.3. The molecule has 0 aromatic heterocycles. The fourth-order valence-electron chi connectivity index (χ4n) is 1.19. The van der Waals surface area contributed by atoms with Crippen molar-refractivity contribution in [3.8, 4) is 11.5 Å². The Hall–Kier alpha value is 0.270. The molecule has 3 nitrogen and oxygen atoms in total. The van der Waals surface area contributed by atoms with Crippen LogP contribution in [0, 0.1) is 0 Å². The maximum atomic E-state index is 11.5. The van der Waals surface area contributed by atoms with Crippen molar-refractivity contribution in [1.29, 1.82) is 0 Å². The number of para-hydroxylation sites is 2. The molecule has 0 bridgehead atoms. The van der Waals surface area contributed by atoms with Gasteiger partial charge in [0.2, 0.25) is 0 Å². The summed E-state index contributed by atoms with van der Waals surface area (Å²) < 4.78 is 21.8. The third-order valence-electron chi connectivity index (χ3n) is 1.89. The average Bonchev–Trinajstić information content (AvgIpc) is 2.31. The molecule has 0 radical (unpaired) electrons.